The summed E-state index contributed by atoms with van der Waals surface area (Å²) in [5.41, 5.74) is 0. The Morgan fingerprint density at radius 1 is 1.15 bits per heavy atom. The van der Waals surface area contributed by atoms with Crippen LogP contribution in [0.2, 0.25) is 0 Å². The van der Waals surface area contributed by atoms with Gasteiger partial charge in [0.2, 0.25) is 11.8 Å². The van der Waals surface area contributed by atoms with Gasteiger partial charge in [0.25, 0.3) is 0 Å². The molecule has 1 saturated heterocycles. The van der Waals surface area contributed by atoms with E-state index >= 15 is 0 Å². The van der Waals surface area contributed by atoms with Crippen molar-refractivity contribution in [1.29, 1.82) is 0 Å². The van der Waals surface area contributed by atoms with Crippen molar-refractivity contribution in [2.24, 2.45) is 0 Å². The maximum Gasteiger partial charge on any atom is 0.229 e. The molecule has 0 aromatic rings. The molecule has 1 heterocycles. The number of hydrogen-bond acceptors (Lipinski definition) is 3. The van der Waals surface area contributed by atoms with E-state index in [4.69, 9.17) is 0 Å². The molecule has 0 radical (unpaired) electrons. The number of imide groups is 1. The smallest absolute Gasteiger partial charge is 0.229 e. The van der Waals surface area contributed by atoms with E-state index < -0.39 is 0 Å². The van der Waals surface area contributed by atoms with Crippen LogP contribution in [-0.4, -0.2) is 29.5 Å². The minimum atomic E-state index is -0.135. The number of likely N-dealkylation sites (tertiary alicyclic amines) is 1. The monoisotopic (exact) mass is 183 g/mol. The van der Waals surface area contributed by atoms with Crippen molar-refractivity contribution in [1.82, 2.24) is 4.90 Å². The summed E-state index contributed by atoms with van der Waals surface area (Å²) < 4.78 is 0. The van der Waals surface area contributed by atoms with Gasteiger partial charge < -0.3 is 4.79 Å². The fourth-order valence-corrected chi connectivity index (χ4v) is 1.39. The maximum atomic E-state index is 11.3. The molecular weight excluding hydrogens is 170 g/mol. The summed E-state index contributed by atoms with van der Waals surface area (Å²) in [4.78, 5) is 33.9. The lowest BCUT2D eigenvalue weighted by Gasteiger charge is -2.16. The van der Waals surface area contributed by atoms with Crippen LogP contribution in [0.4, 0.5) is 0 Å². The van der Waals surface area contributed by atoms with Gasteiger partial charge in [-0.15, -0.1) is 0 Å². The van der Waals surface area contributed by atoms with Crippen LogP contribution in [0.1, 0.15) is 32.1 Å². The van der Waals surface area contributed by atoms with Gasteiger partial charge in [-0.3, -0.25) is 14.5 Å². The predicted octanol–water partition coefficient (Wildman–Crippen LogP) is 0.505. The summed E-state index contributed by atoms with van der Waals surface area (Å²) in [5, 5.41) is 0. The average molecular weight is 183 g/mol. The second-order valence-electron chi connectivity index (χ2n) is 3.10. The summed E-state index contributed by atoms with van der Waals surface area (Å²) in [6.45, 7) is 0.251. The standard InChI is InChI=1S/C9H13NO3/c11-7-3-6-10-8(12)4-1-2-5-9(10)13/h7H,1-6H2. The summed E-state index contributed by atoms with van der Waals surface area (Å²) >= 11 is 0. The van der Waals surface area contributed by atoms with Crippen molar-refractivity contribution in [3.8, 4) is 0 Å². The first kappa shape index (κ1) is 9.89. The minimum absolute atomic E-state index is 0.135. The van der Waals surface area contributed by atoms with Gasteiger partial charge in [-0.2, -0.15) is 0 Å². The van der Waals surface area contributed by atoms with Crippen LogP contribution in [0, 0.1) is 0 Å². The van der Waals surface area contributed by atoms with Crippen molar-refractivity contribution < 1.29 is 14.4 Å². The lowest BCUT2D eigenvalue weighted by molar-refractivity contribution is -0.143. The Bertz CT molecular complexity index is 207. The zero-order chi connectivity index (χ0) is 9.68. The van der Waals surface area contributed by atoms with Crippen LogP contribution in [0.5, 0.6) is 0 Å². The zero-order valence-electron chi connectivity index (χ0n) is 7.49. The molecule has 1 aliphatic heterocycles. The third-order valence-electron chi connectivity index (χ3n) is 2.10. The quantitative estimate of drug-likeness (QED) is 0.473. The fraction of sp³-hybridized carbons (Fsp3) is 0.667. The molecule has 0 aliphatic carbocycles. The number of carbonyl (C=O) groups excluding carboxylic acids is 3. The Balaban J connectivity index is 2.58. The van der Waals surface area contributed by atoms with Crippen LogP contribution in [0.25, 0.3) is 0 Å². The Labute approximate surface area is 76.9 Å². The first-order chi connectivity index (χ1) is 6.25. The average Bonchev–Trinajstić information content (AvgIpc) is 2.26. The van der Waals surface area contributed by atoms with E-state index in [2.05, 4.69) is 0 Å². The molecule has 1 rings (SSSR count). The third kappa shape index (κ3) is 2.65. The van der Waals surface area contributed by atoms with E-state index in [-0.39, 0.29) is 24.8 Å². The second kappa shape index (κ2) is 4.74. The van der Waals surface area contributed by atoms with Crippen molar-refractivity contribution >= 4 is 18.1 Å². The molecule has 0 aromatic carbocycles. The Morgan fingerprint density at radius 2 is 1.69 bits per heavy atom. The van der Waals surface area contributed by atoms with Crippen molar-refractivity contribution in [3.63, 3.8) is 0 Å². The Morgan fingerprint density at radius 3 is 2.15 bits per heavy atom. The van der Waals surface area contributed by atoms with E-state index in [0.29, 0.717) is 12.8 Å². The van der Waals surface area contributed by atoms with E-state index in [1.165, 1.54) is 4.90 Å². The number of carbonyl (C=O) groups is 3. The molecule has 0 spiro atoms. The van der Waals surface area contributed by atoms with E-state index in [1.54, 1.807) is 0 Å². The minimum Gasteiger partial charge on any atom is -0.303 e. The maximum absolute atomic E-state index is 11.3. The molecule has 2 amide bonds. The van der Waals surface area contributed by atoms with E-state index in [0.717, 1.165) is 19.1 Å². The number of amides is 2. The molecule has 0 unspecified atom stereocenters. The SMILES string of the molecule is O=CCCN1C(=O)CCCCC1=O. The lowest BCUT2D eigenvalue weighted by Crippen LogP contribution is -2.36. The molecule has 1 fully saturated rings. The van der Waals surface area contributed by atoms with Gasteiger partial charge in [0.1, 0.15) is 6.29 Å². The highest BCUT2D eigenvalue weighted by Crippen LogP contribution is 2.12. The molecule has 0 aromatic heterocycles. The largest absolute Gasteiger partial charge is 0.303 e. The van der Waals surface area contributed by atoms with Gasteiger partial charge in [0.15, 0.2) is 0 Å². The highest BCUT2D eigenvalue weighted by Gasteiger charge is 2.22. The highest BCUT2D eigenvalue weighted by atomic mass is 16.2. The van der Waals surface area contributed by atoms with E-state index in [9.17, 15) is 14.4 Å². The topological polar surface area (TPSA) is 54.5 Å². The van der Waals surface area contributed by atoms with Gasteiger partial charge in [-0.1, -0.05) is 0 Å². The number of rotatable bonds is 3. The molecule has 0 bridgehead atoms. The highest BCUT2D eigenvalue weighted by molar-refractivity contribution is 5.96. The van der Waals surface area contributed by atoms with Gasteiger partial charge in [-0.05, 0) is 12.8 Å². The molecule has 0 atom stereocenters. The summed E-state index contributed by atoms with van der Waals surface area (Å²) in [6.07, 6.45) is 3.41. The van der Waals surface area contributed by atoms with Crippen molar-refractivity contribution in [2.45, 2.75) is 32.1 Å². The van der Waals surface area contributed by atoms with E-state index in [1.807, 2.05) is 0 Å². The van der Waals surface area contributed by atoms with Gasteiger partial charge in [-0.25, -0.2) is 0 Å². The molecule has 1 aliphatic rings. The normalized spacial score (nSPS) is 18.6. The summed E-state index contributed by atoms with van der Waals surface area (Å²) in [6, 6.07) is 0. The third-order valence-corrected chi connectivity index (χ3v) is 2.10. The number of nitrogens with zero attached hydrogens (tertiary/aromatic N) is 1. The van der Waals surface area contributed by atoms with Crippen molar-refractivity contribution in [3.05, 3.63) is 0 Å². The molecule has 4 nitrogen and oxygen atoms in total. The Hall–Kier alpha value is -1.19. The van der Waals surface area contributed by atoms with Crippen LogP contribution in [-0.2, 0) is 14.4 Å². The predicted molar refractivity (Wildman–Crippen MR) is 45.9 cm³/mol. The summed E-state index contributed by atoms with van der Waals surface area (Å²) in [7, 11) is 0. The van der Waals surface area contributed by atoms with Crippen LogP contribution in [0.3, 0.4) is 0 Å². The number of aldehydes is 1. The van der Waals surface area contributed by atoms with Gasteiger partial charge >= 0.3 is 0 Å². The van der Waals surface area contributed by atoms with Crippen molar-refractivity contribution in [2.75, 3.05) is 6.54 Å². The van der Waals surface area contributed by atoms with Gasteiger partial charge in [0, 0.05) is 25.8 Å². The molecule has 4 heteroatoms. The lowest BCUT2D eigenvalue weighted by atomic mass is 10.2. The van der Waals surface area contributed by atoms with Crippen LogP contribution >= 0.6 is 0 Å². The number of hydrogen-bond donors (Lipinski definition) is 0. The first-order valence-corrected chi connectivity index (χ1v) is 4.52. The molecule has 0 N–H and O–H groups in total. The zero-order valence-corrected chi connectivity index (χ0v) is 7.49. The first-order valence-electron chi connectivity index (χ1n) is 4.52. The molecule has 13 heavy (non-hydrogen) atoms. The molecular formula is C9H13NO3. The van der Waals surface area contributed by atoms with Crippen LogP contribution < -0.4 is 0 Å². The molecule has 72 valence electrons. The second-order valence-corrected chi connectivity index (χ2v) is 3.10. The summed E-state index contributed by atoms with van der Waals surface area (Å²) in [5.74, 6) is -0.270. The van der Waals surface area contributed by atoms with Gasteiger partial charge in [0.05, 0.1) is 0 Å². The fourth-order valence-electron chi connectivity index (χ4n) is 1.39. The Kier molecular flexibility index (Phi) is 3.61. The van der Waals surface area contributed by atoms with Crippen LogP contribution in [0.15, 0.2) is 0 Å². The molecule has 0 saturated carbocycles.